The molecule has 0 spiro atoms. The van der Waals surface area contributed by atoms with Gasteiger partial charge in [-0.25, -0.2) is 0 Å². The molecule has 31 heavy (non-hydrogen) atoms. The normalized spacial score (nSPS) is 12.5. The van der Waals surface area contributed by atoms with Crippen LogP contribution in [0.15, 0.2) is 18.2 Å². The second-order valence-corrected chi connectivity index (χ2v) is 7.49. The number of nitrogens with one attached hydrogen (secondary N) is 2. The predicted octanol–water partition coefficient (Wildman–Crippen LogP) is 1.44. The molecule has 0 bridgehead atoms. The van der Waals surface area contributed by atoms with Crippen LogP contribution in [0.4, 0.5) is 5.69 Å². The van der Waals surface area contributed by atoms with Crippen molar-refractivity contribution in [1.82, 2.24) is 5.32 Å². The Kier molecular flexibility index (Phi) is 11.4. The fraction of sp³-hybridized carbons (Fsp3) is 0.545. The standard InChI is InChI=1S/C22H32N2O7/c1-14(22(30)24-18-10-16(12-25)9-17(11-18)13-26)8-19(27)15(2)23-20(28)6-4-5-7-21(29)31-3/h9-11,14-15,25-26H,4-8,12-13H2,1-3H3,(H,23,28)(H,24,30)/t14-,15+/m1/s1. The van der Waals surface area contributed by atoms with Gasteiger partial charge in [0.25, 0.3) is 0 Å². The van der Waals surface area contributed by atoms with Gasteiger partial charge in [0.05, 0.1) is 26.4 Å². The van der Waals surface area contributed by atoms with Gasteiger partial charge in [-0.1, -0.05) is 13.0 Å². The lowest BCUT2D eigenvalue weighted by atomic mass is 9.99. The minimum absolute atomic E-state index is 0.0534. The summed E-state index contributed by atoms with van der Waals surface area (Å²) in [5.74, 6) is -1.91. The van der Waals surface area contributed by atoms with Gasteiger partial charge >= 0.3 is 5.97 Å². The second-order valence-electron chi connectivity index (χ2n) is 7.49. The van der Waals surface area contributed by atoms with Gasteiger partial charge in [0.2, 0.25) is 11.8 Å². The maximum atomic E-state index is 12.4. The van der Waals surface area contributed by atoms with Crippen molar-refractivity contribution in [2.24, 2.45) is 5.92 Å². The van der Waals surface area contributed by atoms with Gasteiger partial charge in [-0.05, 0) is 43.0 Å². The van der Waals surface area contributed by atoms with Gasteiger partial charge in [0.1, 0.15) is 0 Å². The summed E-state index contributed by atoms with van der Waals surface area (Å²) in [6.07, 6.45) is 1.41. The van der Waals surface area contributed by atoms with E-state index in [1.165, 1.54) is 7.11 Å². The molecule has 0 aliphatic heterocycles. The van der Waals surface area contributed by atoms with Gasteiger partial charge < -0.3 is 25.6 Å². The van der Waals surface area contributed by atoms with Gasteiger partial charge in [0, 0.05) is 30.9 Å². The van der Waals surface area contributed by atoms with E-state index in [2.05, 4.69) is 15.4 Å². The molecular weight excluding hydrogens is 404 g/mol. The lowest BCUT2D eigenvalue weighted by Crippen LogP contribution is -2.39. The van der Waals surface area contributed by atoms with E-state index in [1.54, 1.807) is 32.0 Å². The zero-order chi connectivity index (χ0) is 23.4. The molecule has 0 radical (unpaired) electrons. The Labute approximate surface area is 182 Å². The zero-order valence-corrected chi connectivity index (χ0v) is 18.3. The van der Waals surface area contributed by atoms with E-state index < -0.39 is 12.0 Å². The third kappa shape index (κ3) is 9.71. The van der Waals surface area contributed by atoms with E-state index in [-0.39, 0.29) is 56.0 Å². The lowest BCUT2D eigenvalue weighted by molar-refractivity contribution is -0.140. The van der Waals surface area contributed by atoms with Crippen LogP contribution in [0.25, 0.3) is 0 Å². The first kappa shape index (κ1) is 26.3. The Bertz CT molecular complexity index is 757. The predicted molar refractivity (Wildman–Crippen MR) is 114 cm³/mol. The fourth-order valence-electron chi connectivity index (χ4n) is 2.91. The number of amides is 2. The maximum Gasteiger partial charge on any atom is 0.305 e. The summed E-state index contributed by atoms with van der Waals surface area (Å²) in [5.41, 5.74) is 1.52. The van der Waals surface area contributed by atoms with Crippen LogP contribution < -0.4 is 10.6 Å². The summed E-state index contributed by atoms with van der Waals surface area (Å²) in [4.78, 5) is 47.8. The Morgan fingerprint density at radius 2 is 1.55 bits per heavy atom. The van der Waals surface area contributed by atoms with Crippen molar-refractivity contribution in [3.8, 4) is 0 Å². The average Bonchev–Trinajstić information content (AvgIpc) is 2.75. The Hall–Kier alpha value is -2.78. The molecule has 0 fully saturated rings. The highest BCUT2D eigenvalue weighted by Gasteiger charge is 2.22. The van der Waals surface area contributed by atoms with Crippen molar-refractivity contribution >= 4 is 29.3 Å². The van der Waals surface area contributed by atoms with Crippen molar-refractivity contribution in [1.29, 1.82) is 0 Å². The molecule has 1 aromatic carbocycles. The molecule has 0 aliphatic carbocycles. The first-order valence-electron chi connectivity index (χ1n) is 10.2. The average molecular weight is 437 g/mol. The van der Waals surface area contributed by atoms with Crippen molar-refractivity contribution in [2.75, 3.05) is 12.4 Å². The number of hydrogen-bond acceptors (Lipinski definition) is 7. The molecule has 172 valence electrons. The third-order valence-corrected chi connectivity index (χ3v) is 4.76. The van der Waals surface area contributed by atoms with Crippen LogP contribution in [0.5, 0.6) is 0 Å². The molecule has 0 aliphatic rings. The van der Waals surface area contributed by atoms with Crippen molar-refractivity contribution in [3.05, 3.63) is 29.3 Å². The quantitative estimate of drug-likeness (QED) is 0.271. The van der Waals surface area contributed by atoms with E-state index >= 15 is 0 Å². The summed E-state index contributed by atoms with van der Waals surface area (Å²) in [5, 5.41) is 23.9. The molecule has 9 nitrogen and oxygen atoms in total. The minimum atomic E-state index is -0.734. The van der Waals surface area contributed by atoms with Crippen LogP contribution in [-0.2, 0) is 37.1 Å². The Morgan fingerprint density at radius 1 is 0.968 bits per heavy atom. The molecule has 1 aromatic rings. The SMILES string of the molecule is COC(=O)CCCCC(=O)N[C@@H](C)C(=O)C[C@@H](C)C(=O)Nc1cc(CO)cc(CO)c1. The monoisotopic (exact) mass is 436 g/mol. The van der Waals surface area contributed by atoms with Crippen molar-refractivity contribution in [2.45, 2.75) is 65.2 Å². The van der Waals surface area contributed by atoms with E-state index in [0.717, 1.165) is 0 Å². The van der Waals surface area contributed by atoms with Crippen LogP contribution in [0.2, 0.25) is 0 Å². The second kappa shape index (κ2) is 13.5. The molecule has 0 saturated carbocycles. The molecule has 4 N–H and O–H groups in total. The van der Waals surface area contributed by atoms with Crippen molar-refractivity contribution in [3.63, 3.8) is 0 Å². The number of ether oxygens (including phenoxy) is 1. The summed E-state index contributed by atoms with van der Waals surface area (Å²) < 4.78 is 4.53. The molecule has 0 aromatic heterocycles. The number of benzene rings is 1. The first-order valence-corrected chi connectivity index (χ1v) is 10.2. The highest BCUT2D eigenvalue weighted by Crippen LogP contribution is 2.17. The number of aliphatic hydroxyl groups excluding tert-OH is 2. The molecule has 2 atom stereocenters. The van der Waals surface area contributed by atoms with E-state index in [4.69, 9.17) is 0 Å². The number of unbranched alkanes of at least 4 members (excludes halogenated alkanes) is 1. The third-order valence-electron chi connectivity index (χ3n) is 4.76. The molecule has 2 amide bonds. The van der Waals surface area contributed by atoms with Crippen LogP contribution in [0, 0.1) is 5.92 Å². The lowest BCUT2D eigenvalue weighted by Gasteiger charge is -2.17. The Morgan fingerprint density at radius 3 is 2.10 bits per heavy atom. The summed E-state index contributed by atoms with van der Waals surface area (Å²) in [6.45, 7) is 2.71. The number of carbonyl (C=O) groups is 4. The molecule has 0 unspecified atom stereocenters. The van der Waals surface area contributed by atoms with Gasteiger partial charge in [-0.3, -0.25) is 19.2 Å². The summed E-state index contributed by atoms with van der Waals surface area (Å²) in [7, 11) is 1.31. The largest absolute Gasteiger partial charge is 0.469 e. The molecule has 0 heterocycles. The number of rotatable bonds is 13. The molecule has 0 saturated heterocycles. The first-order chi connectivity index (χ1) is 14.7. The van der Waals surface area contributed by atoms with Gasteiger partial charge in [-0.15, -0.1) is 0 Å². The molecular formula is C22H32N2O7. The molecule has 9 heteroatoms. The minimum Gasteiger partial charge on any atom is -0.469 e. The fourth-order valence-corrected chi connectivity index (χ4v) is 2.91. The maximum absolute atomic E-state index is 12.4. The van der Waals surface area contributed by atoms with E-state index in [0.29, 0.717) is 29.7 Å². The smallest absolute Gasteiger partial charge is 0.305 e. The van der Waals surface area contributed by atoms with Crippen LogP contribution in [0.3, 0.4) is 0 Å². The number of anilines is 1. The van der Waals surface area contributed by atoms with Crippen molar-refractivity contribution < 1.29 is 34.1 Å². The number of Topliss-reactive ketones (excluding diaryl/α,β-unsaturated/α-hetero) is 1. The zero-order valence-electron chi connectivity index (χ0n) is 18.3. The van der Waals surface area contributed by atoms with E-state index in [1.807, 2.05) is 0 Å². The van der Waals surface area contributed by atoms with Crippen LogP contribution >= 0.6 is 0 Å². The number of methoxy groups -OCH3 is 1. The highest BCUT2D eigenvalue weighted by atomic mass is 16.5. The van der Waals surface area contributed by atoms with Gasteiger partial charge in [-0.2, -0.15) is 0 Å². The molecule has 1 rings (SSSR count). The number of ketones is 1. The van der Waals surface area contributed by atoms with Gasteiger partial charge in [0.15, 0.2) is 5.78 Å². The van der Waals surface area contributed by atoms with E-state index in [9.17, 15) is 29.4 Å². The number of esters is 1. The highest BCUT2D eigenvalue weighted by molar-refractivity contribution is 5.97. The number of aliphatic hydroxyl groups is 2. The number of hydrogen-bond donors (Lipinski definition) is 4. The number of carbonyl (C=O) groups excluding carboxylic acids is 4. The summed E-state index contributed by atoms with van der Waals surface area (Å²) in [6, 6.07) is 4.08. The Balaban J connectivity index is 2.48. The van der Waals surface area contributed by atoms with Crippen LogP contribution in [0.1, 0.15) is 57.1 Å². The van der Waals surface area contributed by atoms with Crippen LogP contribution in [-0.4, -0.2) is 46.9 Å². The summed E-state index contributed by atoms with van der Waals surface area (Å²) >= 11 is 0. The topological polar surface area (TPSA) is 142 Å².